The number of carbonyl (C=O) groups is 3. The van der Waals surface area contributed by atoms with E-state index >= 15 is 0 Å². The van der Waals surface area contributed by atoms with Crippen LogP contribution in [0.15, 0.2) is 55.6 Å². The van der Waals surface area contributed by atoms with Crippen molar-refractivity contribution >= 4 is 17.8 Å². The largest absolute Gasteiger partial charge is 0.455 e. The van der Waals surface area contributed by atoms with Gasteiger partial charge in [-0.3, -0.25) is 14.4 Å². The van der Waals surface area contributed by atoms with Crippen LogP contribution >= 0.6 is 0 Å². The van der Waals surface area contributed by atoms with E-state index in [1.807, 2.05) is 30.3 Å². The molecule has 0 radical (unpaired) electrons. The minimum absolute atomic E-state index is 0.0724. The molecule has 0 unspecified atom stereocenters. The minimum atomic E-state index is -0.778. The monoisotopic (exact) mass is 460 g/mol. The third kappa shape index (κ3) is 10.5. The summed E-state index contributed by atoms with van der Waals surface area (Å²) >= 11 is 0. The van der Waals surface area contributed by atoms with Crippen molar-refractivity contribution in [1.82, 2.24) is 10.6 Å². The fourth-order valence-corrected chi connectivity index (χ4v) is 3.22. The Morgan fingerprint density at radius 2 is 1.82 bits per heavy atom. The molecule has 8 nitrogen and oxygen atoms in total. The molecule has 0 spiro atoms. The van der Waals surface area contributed by atoms with E-state index in [0.717, 1.165) is 0 Å². The van der Waals surface area contributed by atoms with Gasteiger partial charge in [-0.15, -0.1) is 13.2 Å². The average molecular weight is 461 g/mol. The molecule has 3 N–H and O–H groups in total. The molecule has 0 bridgehead atoms. The second kappa shape index (κ2) is 15.8. The highest BCUT2D eigenvalue weighted by molar-refractivity contribution is 5.86. The first-order valence-corrected chi connectivity index (χ1v) is 11.0. The number of carbonyl (C=O) groups excluding carboxylic acids is 3. The lowest BCUT2D eigenvalue weighted by Crippen LogP contribution is -2.47. The Labute approximate surface area is 196 Å². The van der Waals surface area contributed by atoms with E-state index in [0.29, 0.717) is 12.0 Å². The molecule has 0 aliphatic heterocycles. The van der Waals surface area contributed by atoms with Crippen LogP contribution in [0.2, 0.25) is 0 Å². The summed E-state index contributed by atoms with van der Waals surface area (Å²) in [6, 6.07) is 8.01. The smallest absolute Gasteiger partial charge is 0.306 e. The van der Waals surface area contributed by atoms with E-state index in [1.54, 1.807) is 19.1 Å². The quantitative estimate of drug-likeness (QED) is 0.258. The second-order valence-electron chi connectivity index (χ2n) is 7.80. The zero-order valence-electron chi connectivity index (χ0n) is 19.5. The standard InChI is InChI=1S/C25H36N2O6/c1-5-7-14-23(30)33-24(19-12-9-8-10-13-19)21(17-32-4)27-25(31)20(11-6-2)15-22(29)26-18(3)16-28/h5-6,8-10,12-13,18,20-21,24,28H,1-2,7,11,14-17H2,3-4H3,(H,26,29)(H,27,31)/t18-,20-,21+,24+/m1/s1. The van der Waals surface area contributed by atoms with Crippen LogP contribution in [0.25, 0.3) is 0 Å². The van der Waals surface area contributed by atoms with Gasteiger partial charge in [0.25, 0.3) is 0 Å². The van der Waals surface area contributed by atoms with Crippen molar-refractivity contribution in [1.29, 1.82) is 0 Å². The maximum atomic E-state index is 13.1. The van der Waals surface area contributed by atoms with Crippen LogP contribution in [0.1, 0.15) is 44.3 Å². The summed E-state index contributed by atoms with van der Waals surface area (Å²) in [6.07, 6.45) is 3.28. The van der Waals surface area contributed by atoms with E-state index < -0.39 is 30.1 Å². The Morgan fingerprint density at radius 1 is 1.12 bits per heavy atom. The summed E-state index contributed by atoms with van der Waals surface area (Å²) in [5, 5.41) is 14.7. The van der Waals surface area contributed by atoms with Crippen LogP contribution in [-0.4, -0.2) is 55.3 Å². The first-order chi connectivity index (χ1) is 15.9. The van der Waals surface area contributed by atoms with E-state index in [-0.39, 0.29) is 44.3 Å². The van der Waals surface area contributed by atoms with Crippen molar-refractivity contribution in [3.63, 3.8) is 0 Å². The molecule has 8 heteroatoms. The van der Waals surface area contributed by atoms with Crippen LogP contribution in [0.3, 0.4) is 0 Å². The van der Waals surface area contributed by atoms with Crippen LogP contribution < -0.4 is 10.6 Å². The Kier molecular flexibility index (Phi) is 13.4. The molecule has 0 saturated heterocycles. The van der Waals surface area contributed by atoms with Gasteiger partial charge in [-0.25, -0.2) is 0 Å². The lowest BCUT2D eigenvalue weighted by atomic mass is 9.97. The van der Waals surface area contributed by atoms with Crippen LogP contribution in [0.5, 0.6) is 0 Å². The van der Waals surface area contributed by atoms with Gasteiger partial charge in [0.15, 0.2) is 0 Å². The number of hydrogen-bond donors (Lipinski definition) is 3. The molecule has 0 heterocycles. The first-order valence-electron chi connectivity index (χ1n) is 11.0. The van der Waals surface area contributed by atoms with Crippen molar-refractivity contribution in [3.05, 3.63) is 61.2 Å². The highest BCUT2D eigenvalue weighted by atomic mass is 16.5. The normalized spacial score (nSPS) is 14.3. The Morgan fingerprint density at radius 3 is 2.39 bits per heavy atom. The van der Waals surface area contributed by atoms with Gasteiger partial charge < -0.3 is 25.2 Å². The zero-order valence-corrected chi connectivity index (χ0v) is 19.5. The van der Waals surface area contributed by atoms with Gasteiger partial charge in [0.1, 0.15) is 6.10 Å². The molecule has 182 valence electrons. The van der Waals surface area contributed by atoms with Gasteiger partial charge in [0, 0.05) is 26.0 Å². The molecule has 1 rings (SSSR count). The van der Waals surface area contributed by atoms with Gasteiger partial charge in [-0.2, -0.15) is 0 Å². The molecule has 0 aliphatic rings. The molecule has 4 atom stereocenters. The number of methoxy groups -OCH3 is 1. The number of aliphatic hydroxyl groups is 1. The summed E-state index contributed by atoms with van der Waals surface area (Å²) in [5.41, 5.74) is 0.710. The van der Waals surface area contributed by atoms with Crippen molar-refractivity contribution < 1.29 is 29.0 Å². The van der Waals surface area contributed by atoms with Gasteiger partial charge in [0.05, 0.1) is 25.2 Å². The molecule has 0 saturated carbocycles. The lowest BCUT2D eigenvalue weighted by molar-refractivity contribution is -0.153. The number of amides is 2. The number of aliphatic hydroxyl groups excluding tert-OH is 1. The predicted molar refractivity (Wildman–Crippen MR) is 126 cm³/mol. The highest BCUT2D eigenvalue weighted by Gasteiger charge is 2.31. The third-order valence-corrected chi connectivity index (χ3v) is 4.91. The predicted octanol–water partition coefficient (Wildman–Crippen LogP) is 2.45. The van der Waals surface area contributed by atoms with Crippen molar-refractivity contribution in [2.75, 3.05) is 20.3 Å². The van der Waals surface area contributed by atoms with E-state index in [4.69, 9.17) is 14.6 Å². The summed E-state index contributed by atoms with van der Waals surface area (Å²) in [7, 11) is 1.49. The van der Waals surface area contributed by atoms with E-state index in [2.05, 4.69) is 23.8 Å². The molecule has 1 aromatic carbocycles. The molecule has 1 aromatic rings. The maximum absolute atomic E-state index is 13.1. The lowest BCUT2D eigenvalue weighted by Gasteiger charge is -2.29. The zero-order chi connectivity index (χ0) is 24.6. The summed E-state index contributed by atoms with van der Waals surface area (Å²) in [6.45, 7) is 8.86. The molecule has 2 amide bonds. The molecule has 0 aromatic heterocycles. The van der Waals surface area contributed by atoms with E-state index in [9.17, 15) is 14.4 Å². The summed E-state index contributed by atoms with van der Waals surface area (Å²) in [5.74, 6) is -1.83. The van der Waals surface area contributed by atoms with Crippen LogP contribution in [0, 0.1) is 5.92 Å². The van der Waals surface area contributed by atoms with Gasteiger partial charge >= 0.3 is 5.97 Å². The fourth-order valence-electron chi connectivity index (χ4n) is 3.22. The molecular weight excluding hydrogens is 424 g/mol. The second-order valence-corrected chi connectivity index (χ2v) is 7.80. The average Bonchev–Trinajstić information content (AvgIpc) is 2.81. The Hall–Kier alpha value is -2.97. The number of nitrogens with one attached hydrogen (secondary N) is 2. The Bertz CT molecular complexity index is 767. The number of ether oxygens (including phenoxy) is 2. The van der Waals surface area contributed by atoms with Gasteiger partial charge in [-0.1, -0.05) is 42.5 Å². The molecule has 0 aliphatic carbocycles. The van der Waals surface area contributed by atoms with E-state index in [1.165, 1.54) is 7.11 Å². The van der Waals surface area contributed by atoms with Gasteiger partial charge in [0.2, 0.25) is 11.8 Å². The number of allylic oxidation sites excluding steroid dienone is 2. The van der Waals surface area contributed by atoms with Gasteiger partial charge in [-0.05, 0) is 25.3 Å². The fraction of sp³-hybridized carbons (Fsp3) is 0.480. The molecular formula is C25H36N2O6. The van der Waals surface area contributed by atoms with Crippen molar-refractivity contribution in [2.45, 2.75) is 50.8 Å². The number of esters is 1. The number of rotatable bonds is 16. The summed E-state index contributed by atoms with van der Waals surface area (Å²) < 4.78 is 11.0. The van der Waals surface area contributed by atoms with Crippen LogP contribution in [-0.2, 0) is 23.9 Å². The topological polar surface area (TPSA) is 114 Å². The number of hydrogen-bond acceptors (Lipinski definition) is 6. The highest BCUT2D eigenvalue weighted by Crippen LogP contribution is 2.24. The van der Waals surface area contributed by atoms with Crippen molar-refractivity contribution in [3.8, 4) is 0 Å². The molecule has 33 heavy (non-hydrogen) atoms. The first kappa shape index (κ1) is 28.1. The minimum Gasteiger partial charge on any atom is -0.455 e. The summed E-state index contributed by atoms with van der Waals surface area (Å²) in [4.78, 5) is 37.8. The third-order valence-electron chi connectivity index (χ3n) is 4.91. The van der Waals surface area contributed by atoms with Crippen LogP contribution in [0.4, 0.5) is 0 Å². The maximum Gasteiger partial charge on any atom is 0.306 e. The Balaban J connectivity index is 3.06. The number of benzene rings is 1. The SMILES string of the molecule is C=CCCC(=O)O[C@@H](c1ccccc1)[C@H](COC)NC(=O)[C@H](CC=C)CC(=O)N[C@H](C)CO. The van der Waals surface area contributed by atoms with Crippen molar-refractivity contribution in [2.24, 2.45) is 5.92 Å². The molecule has 0 fully saturated rings.